The van der Waals surface area contributed by atoms with Gasteiger partial charge >= 0.3 is 0 Å². The van der Waals surface area contributed by atoms with E-state index >= 15 is 0 Å². The molecule has 0 saturated carbocycles. The van der Waals surface area contributed by atoms with E-state index in [0.29, 0.717) is 15.8 Å². The van der Waals surface area contributed by atoms with Gasteiger partial charge in [0.1, 0.15) is 35.9 Å². The first kappa shape index (κ1) is 15.8. The number of nitriles is 2. The van der Waals surface area contributed by atoms with Crippen molar-refractivity contribution in [1.82, 2.24) is 0 Å². The number of hydrogen-bond donors (Lipinski definition) is 0. The topological polar surface area (TPSA) is 56.8 Å². The smallest absolute Gasteiger partial charge is 0.130 e. The van der Waals surface area contributed by atoms with E-state index in [1.165, 1.54) is 12.1 Å². The molecule has 0 aliphatic heterocycles. The maximum absolute atomic E-state index is 13.7. The zero-order chi connectivity index (χ0) is 15.9. The molecule has 108 valence electrons. The lowest BCUT2D eigenvalue weighted by molar-refractivity contribution is 0.300. The normalized spacial score (nSPS) is 9.45. The predicted molar refractivity (Wildman–Crippen MR) is 84.1 cm³/mol. The Morgan fingerprint density at radius 3 is 2.41 bits per heavy atom. The van der Waals surface area contributed by atoms with Crippen molar-refractivity contribution >= 4 is 22.0 Å². The summed E-state index contributed by atoms with van der Waals surface area (Å²) in [5, 5.41) is 17.4. The quantitative estimate of drug-likeness (QED) is 0.752. The van der Waals surface area contributed by atoms with Gasteiger partial charge < -0.3 is 4.74 Å². The van der Waals surface area contributed by atoms with E-state index in [9.17, 15) is 4.39 Å². The zero-order valence-corrected chi connectivity index (χ0v) is 13.0. The van der Waals surface area contributed by atoms with Crippen LogP contribution in [0.2, 0.25) is 0 Å². The van der Waals surface area contributed by atoms with E-state index < -0.39 is 0 Å². The largest absolute Gasteiger partial charge is 0.489 e. The summed E-state index contributed by atoms with van der Waals surface area (Å²) >= 11 is 3.20. The molecule has 0 unspecified atom stereocenters. The van der Waals surface area contributed by atoms with E-state index in [0.717, 1.165) is 5.56 Å². The van der Waals surface area contributed by atoms with Gasteiger partial charge in [-0.1, -0.05) is 34.1 Å². The molecule has 0 heterocycles. The Hall–Kier alpha value is -2.63. The molecule has 5 heteroatoms. The molecule has 0 atom stereocenters. The molecule has 0 N–H and O–H groups in total. The molecule has 2 aromatic carbocycles. The van der Waals surface area contributed by atoms with E-state index in [1.54, 1.807) is 48.5 Å². The highest BCUT2D eigenvalue weighted by Crippen LogP contribution is 2.19. The lowest BCUT2D eigenvalue weighted by Crippen LogP contribution is -1.98. The van der Waals surface area contributed by atoms with Gasteiger partial charge in [0.05, 0.1) is 0 Å². The second-order valence-corrected chi connectivity index (χ2v) is 5.29. The summed E-state index contributed by atoms with van der Waals surface area (Å²) in [5.41, 5.74) is 1.22. The van der Waals surface area contributed by atoms with E-state index in [-0.39, 0.29) is 18.0 Å². The third-order valence-corrected chi connectivity index (χ3v) is 3.33. The minimum absolute atomic E-state index is 0.0330. The van der Waals surface area contributed by atoms with Gasteiger partial charge in [0, 0.05) is 10.0 Å². The summed E-state index contributed by atoms with van der Waals surface area (Å²) in [6, 6.07) is 15.2. The Kier molecular flexibility index (Phi) is 5.30. The molecular formula is C17H10BrFN2O. The van der Waals surface area contributed by atoms with Crippen molar-refractivity contribution in [3.8, 4) is 17.9 Å². The van der Waals surface area contributed by atoms with Gasteiger partial charge in [0.25, 0.3) is 0 Å². The summed E-state index contributed by atoms with van der Waals surface area (Å²) in [6.07, 6.45) is 1.48. The fourth-order valence-corrected chi connectivity index (χ4v) is 2.05. The van der Waals surface area contributed by atoms with E-state index in [4.69, 9.17) is 15.3 Å². The molecule has 22 heavy (non-hydrogen) atoms. The van der Waals surface area contributed by atoms with Crippen LogP contribution in [0.3, 0.4) is 0 Å². The molecule has 0 spiro atoms. The number of nitrogens with zero attached hydrogens (tertiary/aromatic N) is 2. The maximum Gasteiger partial charge on any atom is 0.130 e. The summed E-state index contributed by atoms with van der Waals surface area (Å²) in [5.74, 6) is 0.247. The lowest BCUT2D eigenvalue weighted by atomic mass is 10.1. The second kappa shape index (κ2) is 7.40. The van der Waals surface area contributed by atoms with Crippen LogP contribution in [0.5, 0.6) is 5.75 Å². The van der Waals surface area contributed by atoms with E-state index in [1.807, 2.05) is 0 Å². The Morgan fingerprint density at radius 1 is 1.14 bits per heavy atom. The average Bonchev–Trinajstić information content (AvgIpc) is 2.53. The van der Waals surface area contributed by atoms with Gasteiger partial charge in [0.2, 0.25) is 0 Å². The third-order valence-electron chi connectivity index (χ3n) is 2.84. The van der Waals surface area contributed by atoms with Crippen LogP contribution in [0.4, 0.5) is 4.39 Å². The molecular weight excluding hydrogens is 347 g/mol. The van der Waals surface area contributed by atoms with Crippen molar-refractivity contribution in [3.63, 3.8) is 0 Å². The number of allylic oxidation sites excluding steroid dienone is 1. The average molecular weight is 357 g/mol. The highest BCUT2D eigenvalue weighted by molar-refractivity contribution is 9.10. The van der Waals surface area contributed by atoms with Crippen molar-refractivity contribution in [2.75, 3.05) is 0 Å². The monoisotopic (exact) mass is 356 g/mol. The van der Waals surface area contributed by atoms with Crippen LogP contribution in [0.1, 0.15) is 11.1 Å². The SMILES string of the molecule is N#CC(C#N)=Cc1ccc(OCc2ccc(Br)cc2F)cc1. The minimum Gasteiger partial charge on any atom is -0.489 e. The van der Waals surface area contributed by atoms with Gasteiger partial charge in [-0.15, -0.1) is 0 Å². The highest BCUT2D eigenvalue weighted by Gasteiger charge is 2.04. The van der Waals surface area contributed by atoms with Crippen LogP contribution in [-0.2, 0) is 6.61 Å². The minimum atomic E-state index is -0.332. The molecule has 0 aromatic heterocycles. The number of hydrogen-bond acceptors (Lipinski definition) is 3. The molecule has 0 saturated heterocycles. The van der Waals surface area contributed by atoms with Gasteiger partial charge in [-0.2, -0.15) is 10.5 Å². The summed E-state index contributed by atoms with van der Waals surface area (Å²) in [4.78, 5) is 0. The van der Waals surface area contributed by atoms with Gasteiger partial charge in [-0.25, -0.2) is 4.39 Å². The van der Waals surface area contributed by atoms with Gasteiger partial charge in [-0.05, 0) is 35.9 Å². The molecule has 0 radical (unpaired) electrons. The fourth-order valence-electron chi connectivity index (χ4n) is 1.72. The second-order valence-electron chi connectivity index (χ2n) is 4.38. The standard InChI is InChI=1S/C17H10BrFN2O/c18-15-4-3-14(17(19)8-15)11-22-16-5-1-12(2-6-16)7-13(9-20)10-21/h1-8H,11H2. The number of benzene rings is 2. The Bertz CT molecular complexity index is 770. The van der Waals surface area contributed by atoms with Gasteiger partial charge in [-0.3, -0.25) is 0 Å². The van der Waals surface area contributed by atoms with Crippen molar-refractivity contribution in [1.29, 1.82) is 10.5 Å². The van der Waals surface area contributed by atoms with Crippen molar-refractivity contribution in [3.05, 3.63) is 69.5 Å². The molecule has 0 fully saturated rings. The van der Waals surface area contributed by atoms with Crippen LogP contribution < -0.4 is 4.74 Å². The molecule has 3 nitrogen and oxygen atoms in total. The summed E-state index contributed by atoms with van der Waals surface area (Å²) in [7, 11) is 0. The van der Waals surface area contributed by atoms with Gasteiger partial charge in [0.15, 0.2) is 0 Å². The van der Waals surface area contributed by atoms with Crippen LogP contribution >= 0.6 is 15.9 Å². The third kappa shape index (κ3) is 4.18. The van der Waals surface area contributed by atoms with E-state index in [2.05, 4.69) is 15.9 Å². The maximum atomic E-state index is 13.7. The molecule has 2 rings (SSSR count). The zero-order valence-electron chi connectivity index (χ0n) is 11.4. The Balaban J connectivity index is 2.05. The lowest BCUT2D eigenvalue weighted by Gasteiger charge is -2.07. The van der Waals surface area contributed by atoms with Crippen LogP contribution in [0, 0.1) is 28.5 Å². The predicted octanol–water partition coefficient (Wildman–Crippen LogP) is 4.60. The number of halogens is 2. The first-order valence-corrected chi connectivity index (χ1v) is 7.10. The Labute approximate surface area is 136 Å². The van der Waals surface area contributed by atoms with Crippen LogP contribution in [0.15, 0.2) is 52.5 Å². The Morgan fingerprint density at radius 2 is 1.82 bits per heavy atom. The van der Waals surface area contributed by atoms with Crippen molar-refractivity contribution in [2.45, 2.75) is 6.61 Å². The van der Waals surface area contributed by atoms with Crippen LogP contribution in [-0.4, -0.2) is 0 Å². The number of rotatable bonds is 4. The summed E-state index contributed by atoms with van der Waals surface area (Å²) < 4.78 is 19.9. The molecule has 0 aliphatic rings. The fraction of sp³-hybridized carbons (Fsp3) is 0.0588. The molecule has 0 bridgehead atoms. The molecule has 0 amide bonds. The van der Waals surface area contributed by atoms with Crippen molar-refractivity contribution < 1.29 is 9.13 Å². The summed E-state index contributed by atoms with van der Waals surface area (Å²) in [6.45, 7) is 0.121. The molecule has 0 aliphatic carbocycles. The number of ether oxygens (including phenoxy) is 1. The van der Waals surface area contributed by atoms with Crippen LogP contribution in [0.25, 0.3) is 6.08 Å². The van der Waals surface area contributed by atoms with Crippen molar-refractivity contribution in [2.24, 2.45) is 0 Å². The first-order chi connectivity index (χ1) is 10.6. The highest BCUT2D eigenvalue weighted by atomic mass is 79.9. The molecule has 2 aromatic rings. The first-order valence-electron chi connectivity index (χ1n) is 6.31.